The van der Waals surface area contributed by atoms with Gasteiger partial charge in [-0.25, -0.2) is 4.98 Å². The van der Waals surface area contributed by atoms with Crippen LogP contribution in [0.2, 0.25) is 0 Å². The van der Waals surface area contributed by atoms with Gasteiger partial charge in [-0.3, -0.25) is 9.59 Å². The van der Waals surface area contributed by atoms with E-state index in [2.05, 4.69) is 15.3 Å². The molecule has 2 aromatic rings. The molecule has 1 saturated heterocycles. The van der Waals surface area contributed by atoms with E-state index < -0.39 is 0 Å². The van der Waals surface area contributed by atoms with Crippen molar-refractivity contribution >= 4 is 5.91 Å². The number of methoxy groups -OCH3 is 1. The number of amides is 1. The zero-order valence-corrected chi connectivity index (χ0v) is 13.5. The lowest BCUT2D eigenvalue weighted by Gasteiger charge is -2.20. The third-order valence-corrected chi connectivity index (χ3v) is 4.07. The Morgan fingerprint density at radius 3 is 2.88 bits per heavy atom. The summed E-state index contributed by atoms with van der Waals surface area (Å²) in [4.78, 5) is 30.6. The van der Waals surface area contributed by atoms with Crippen LogP contribution >= 0.6 is 0 Å². The molecule has 1 amide bonds. The number of hydrogen-bond acceptors (Lipinski definition) is 5. The molecule has 0 unspecified atom stereocenters. The van der Waals surface area contributed by atoms with Crippen molar-refractivity contribution in [2.24, 2.45) is 0 Å². The average Bonchev–Trinajstić information content (AvgIpc) is 3.03. The standard InChI is InChI=1S/C17H19N3O4/c1-10-12(4-5-14(21)19-10)17(22)20-13-7-8-24-16(13)11-3-6-15(23-2)18-9-11/h3-6,9,13,16H,7-8H2,1-2H3,(H,19,21)(H,20,22)/t13-,16+/m0/s1. The number of H-pyrrole nitrogens is 1. The highest BCUT2D eigenvalue weighted by Gasteiger charge is 2.31. The molecular formula is C17H19N3O4. The summed E-state index contributed by atoms with van der Waals surface area (Å²) in [5, 5.41) is 2.99. The third-order valence-electron chi connectivity index (χ3n) is 4.07. The number of aromatic amines is 1. The summed E-state index contributed by atoms with van der Waals surface area (Å²) in [6.07, 6.45) is 2.15. The topological polar surface area (TPSA) is 93.3 Å². The number of carbonyl (C=O) groups is 1. The van der Waals surface area contributed by atoms with Crippen molar-refractivity contribution < 1.29 is 14.3 Å². The van der Waals surface area contributed by atoms with Crippen LogP contribution in [0, 0.1) is 6.92 Å². The minimum absolute atomic E-state index is 0.154. The number of aryl methyl sites for hydroxylation is 1. The molecule has 0 bridgehead atoms. The number of nitrogens with zero attached hydrogens (tertiary/aromatic N) is 1. The summed E-state index contributed by atoms with van der Waals surface area (Å²) >= 11 is 0. The second kappa shape index (κ2) is 6.84. The van der Waals surface area contributed by atoms with Gasteiger partial charge in [-0.05, 0) is 25.5 Å². The molecule has 1 aliphatic heterocycles. The van der Waals surface area contributed by atoms with E-state index >= 15 is 0 Å². The number of aromatic nitrogens is 2. The molecule has 7 nitrogen and oxygen atoms in total. The smallest absolute Gasteiger partial charge is 0.253 e. The van der Waals surface area contributed by atoms with Gasteiger partial charge in [0.2, 0.25) is 11.4 Å². The monoisotopic (exact) mass is 329 g/mol. The molecular weight excluding hydrogens is 310 g/mol. The fraction of sp³-hybridized carbons (Fsp3) is 0.353. The Bertz CT molecular complexity index is 785. The summed E-state index contributed by atoms with van der Waals surface area (Å²) in [6, 6.07) is 6.37. The number of nitrogens with one attached hydrogen (secondary N) is 2. The van der Waals surface area contributed by atoms with Crippen molar-refractivity contribution in [2.45, 2.75) is 25.5 Å². The predicted octanol–water partition coefficient (Wildman–Crippen LogP) is 1.35. The first-order valence-electron chi connectivity index (χ1n) is 7.71. The molecule has 1 fully saturated rings. The van der Waals surface area contributed by atoms with E-state index in [1.165, 1.54) is 12.1 Å². The van der Waals surface area contributed by atoms with E-state index in [9.17, 15) is 9.59 Å². The normalized spacial score (nSPS) is 19.9. The zero-order chi connectivity index (χ0) is 17.1. The van der Waals surface area contributed by atoms with Gasteiger partial charge in [0.1, 0.15) is 6.10 Å². The Labute approximate surface area is 139 Å². The van der Waals surface area contributed by atoms with Crippen molar-refractivity contribution in [3.05, 3.63) is 57.6 Å². The van der Waals surface area contributed by atoms with Crippen LogP contribution in [0.4, 0.5) is 0 Å². The van der Waals surface area contributed by atoms with Gasteiger partial charge < -0.3 is 19.8 Å². The van der Waals surface area contributed by atoms with Crippen LogP contribution in [0.1, 0.15) is 34.1 Å². The molecule has 24 heavy (non-hydrogen) atoms. The second-order valence-electron chi connectivity index (χ2n) is 5.66. The van der Waals surface area contributed by atoms with Gasteiger partial charge in [0, 0.05) is 36.2 Å². The maximum absolute atomic E-state index is 12.5. The molecule has 0 aromatic carbocycles. The number of carbonyl (C=O) groups excluding carboxylic acids is 1. The molecule has 1 aliphatic rings. The minimum atomic E-state index is -0.254. The van der Waals surface area contributed by atoms with Crippen molar-refractivity contribution in [2.75, 3.05) is 13.7 Å². The number of hydrogen-bond donors (Lipinski definition) is 2. The summed E-state index contributed by atoms with van der Waals surface area (Å²) in [7, 11) is 1.56. The summed E-state index contributed by atoms with van der Waals surface area (Å²) < 4.78 is 10.8. The fourth-order valence-electron chi connectivity index (χ4n) is 2.82. The maximum Gasteiger partial charge on any atom is 0.253 e. The Hall–Kier alpha value is -2.67. The van der Waals surface area contributed by atoms with Crippen molar-refractivity contribution in [3.8, 4) is 5.88 Å². The molecule has 0 aliphatic carbocycles. The number of ether oxygens (including phenoxy) is 2. The molecule has 0 spiro atoms. The van der Waals surface area contributed by atoms with E-state index in [1.54, 1.807) is 26.3 Å². The van der Waals surface area contributed by atoms with Crippen LogP contribution in [0.5, 0.6) is 5.88 Å². The van der Waals surface area contributed by atoms with Gasteiger partial charge in [-0.2, -0.15) is 0 Å². The number of pyridine rings is 2. The van der Waals surface area contributed by atoms with Crippen LogP contribution in [0.25, 0.3) is 0 Å². The van der Waals surface area contributed by atoms with Crippen LogP contribution in [-0.4, -0.2) is 35.6 Å². The van der Waals surface area contributed by atoms with E-state index in [4.69, 9.17) is 9.47 Å². The molecule has 3 heterocycles. The summed E-state index contributed by atoms with van der Waals surface area (Å²) in [6.45, 7) is 2.26. The largest absolute Gasteiger partial charge is 0.481 e. The first-order valence-corrected chi connectivity index (χ1v) is 7.71. The van der Waals surface area contributed by atoms with Crippen molar-refractivity contribution in [3.63, 3.8) is 0 Å². The molecule has 2 atom stereocenters. The maximum atomic E-state index is 12.5. The summed E-state index contributed by atoms with van der Waals surface area (Å²) in [5.41, 5.74) is 1.65. The van der Waals surface area contributed by atoms with Gasteiger partial charge in [0.15, 0.2) is 0 Å². The van der Waals surface area contributed by atoms with E-state index in [-0.39, 0.29) is 23.6 Å². The molecule has 2 aromatic heterocycles. The molecule has 0 radical (unpaired) electrons. The Morgan fingerprint density at radius 2 is 2.21 bits per heavy atom. The van der Waals surface area contributed by atoms with Gasteiger partial charge >= 0.3 is 0 Å². The van der Waals surface area contributed by atoms with Gasteiger partial charge in [0.25, 0.3) is 5.91 Å². The van der Waals surface area contributed by atoms with E-state index in [0.29, 0.717) is 30.2 Å². The van der Waals surface area contributed by atoms with Crippen LogP contribution in [0.15, 0.2) is 35.3 Å². The lowest BCUT2D eigenvalue weighted by atomic mass is 10.0. The molecule has 7 heteroatoms. The highest BCUT2D eigenvalue weighted by Crippen LogP contribution is 2.29. The summed E-state index contributed by atoms with van der Waals surface area (Å²) in [5.74, 6) is 0.298. The molecule has 2 N–H and O–H groups in total. The van der Waals surface area contributed by atoms with E-state index in [0.717, 1.165) is 5.56 Å². The SMILES string of the molecule is COc1ccc([C@H]2OCC[C@@H]2NC(=O)c2ccc(=O)[nH]c2C)cn1. The van der Waals surface area contributed by atoms with Gasteiger partial charge in [-0.15, -0.1) is 0 Å². The van der Waals surface area contributed by atoms with Crippen molar-refractivity contribution in [1.82, 2.24) is 15.3 Å². The zero-order valence-electron chi connectivity index (χ0n) is 13.5. The predicted molar refractivity (Wildman–Crippen MR) is 87.2 cm³/mol. The highest BCUT2D eigenvalue weighted by atomic mass is 16.5. The first kappa shape index (κ1) is 16.2. The molecule has 126 valence electrons. The van der Waals surface area contributed by atoms with Crippen LogP contribution in [0.3, 0.4) is 0 Å². The fourth-order valence-corrected chi connectivity index (χ4v) is 2.82. The Morgan fingerprint density at radius 1 is 1.38 bits per heavy atom. The quantitative estimate of drug-likeness (QED) is 0.883. The lowest BCUT2D eigenvalue weighted by Crippen LogP contribution is -2.37. The molecule has 0 saturated carbocycles. The first-order chi connectivity index (χ1) is 11.6. The second-order valence-corrected chi connectivity index (χ2v) is 5.66. The Balaban J connectivity index is 1.75. The average molecular weight is 329 g/mol. The Kier molecular flexibility index (Phi) is 4.61. The van der Waals surface area contributed by atoms with Gasteiger partial charge in [-0.1, -0.05) is 0 Å². The number of rotatable bonds is 4. The van der Waals surface area contributed by atoms with Crippen LogP contribution in [-0.2, 0) is 4.74 Å². The van der Waals surface area contributed by atoms with Crippen molar-refractivity contribution in [1.29, 1.82) is 0 Å². The van der Waals surface area contributed by atoms with E-state index in [1.807, 2.05) is 6.07 Å². The highest BCUT2D eigenvalue weighted by molar-refractivity contribution is 5.95. The van der Waals surface area contributed by atoms with Crippen LogP contribution < -0.4 is 15.6 Å². The van der Waals surface area contributed by atoms with Gasteiger partial charge in [0.05, 0.1) is 18.7 Å². The lowest BCUT2D eigenvalue weighted by molar-refractivity contribution is 0.0819. The third kappa shape index (κ3) is 3.30. The minimum Gasteiger partial charge on any atom is -0.481 e. The molecule has 3 rings (SSSR count).